The van der Waals surface area contributed by atoms with E-state index in [1.165, 1.54) is 12.1 Å². The number of nitrogens with one attached hydrogen (secondary N) is 1. The Labute approximate surface area is 99.7 Å². The van der Waals surface area contributed by atoms with E-state index in [2.05, 4.69) is 12.2 Å². The van der Waals surface area contributed by atoms with Crippen LogP contribution >= 0.6 is 11.6 Å². The molecule has 88 valence electrons. The lowest BCUT2D eigenvalue weighted by Gasteiger charge is -2.20. The molecule has 2 nitrogen and oxygen atoms in total. The summed E-state index contributed by atoms with van der Waals surface area (Å²) < 4.78 is 18.4. The van der Waals surface area contributed by atoms with Crippen LogP contribution in [0.15, 0.2) is 18.2 Å². The van der Waals surface area contributed by atoms with Crippen molar-refractivity contribution in [1.82, 2.24) is 0 Å². The molecule has 1 heterocycles. The van der Waals surface area contributed by atoms with Gasteiger partial charge in [0, 0.05) is 29.3 Å². The topological polar surface area (TPSA) is 21.3 Å². The quantitative estimate of drug-likeness (QED) is 0.880. The zero-order valence-corrected chi connectivity index (χ0v) is 9.93. The first-order chi connectivity index (χ1) is 7.65. The summed E-state index contributed by atoms with van der Waals surface area (Å²) in [7, 11) is 0. The van der Waals surface area contributed by atoms with Crippen LogP contribution in [0.25, 0.3) is 0 Å². The Morgan fingerprint density at radius 1 is 1.50 bits per heavy atom. The van der Waals surface area contributed by atoms with Gasteiger partial charge in [-0.1, -0.05) is 11.6 Å². The minimum Gasteiger partial charge on any atom is -0.382 e. The van der Waals surface area contributed by atoms with Gasteiger partial charge in [0.05, 0.1) is 6.61 Å². The fourth-order valence-electron chi connectivity index (χ4n) is 1.96. The molecule has 1 fully saturated rings. The van der Waals surface area contributed by atoms with Gasteiger partial charge < -0.3 is 10.1 Å². The number of hydrogen-bond donors (Lipinski definition) is 1. The number of ether oxygens (including phenoxy) is 1. The van der Waals surface area contributed by atoms with Crippen molar-refractivity contribution in [1.29, 1.82) is 0 Å². The van der Waals surface area contributed by atoms with E-state index >= 15 is 0 Å². The summed E-state index contributed by atoms with van der Waals surface area (Å²) in [5, 5.41) is 3.68. The van der Waals surface area contributed by atoms with Crippen LogP contribution in [0.2, 0.25) is 5.02 Å². The average molecular weight is 244 g/mol. The molecule has 1 aliphatic heterocycles. The lowest BCUT2D eigenvalue weighted by molar-refractivity contribution is 0.183. The van der Waals surface area contributed by atoms with Crippen molar-refractivity contribution in [3.63, 3.8) is 0 Å². The molecule has 2 atom stereocenters. The number of anilines is 1. The van der Waals surface area contributed by atoms with E-state index in [-0.39, 0.29) is 11.9 Å². The van der Waals surface area contributed by atoms with Crippen LogP contribution in [-0.2, 0) is 4.74 Å². The molecule has 16 heavy (non-hydrogen) atoms. The van der Waals surface area contributed by atoms with Gasteiger partial charge in [0.1, 0.15) is 5.82 Å². The van der Waals surface area contributed by atoms with Crippen LogP contribution in [0, 0.1) is 11.7 Å². The monoisotopic (exact) mass is 243 g/mol. The first-order valence-electron chi connectivity index (χ1n) is 5.45. The van der Waals surface area contributed by atoms with Gasteiger partial charge in [-0.25, -0.2) is 4.39 Å². The predicted molar refractivity (Wildman–Crippen MR) is 63.4 cm³/mol. The molecule has 0 saturated carbocycles. The zero-order chi connectivity index (χ0) is 11.5. The normalized spacial score (nSPS) is 22.1. The molecule has 1 aromatic rings. The van der Waals surface area contributed by atoms with Crippen LogP contribution in [0.4, 0.5) is 10.1 Å². The molecule has 1 N–H and O–H groups in total. The summed E-state index contributed by atoms with van der Waals surface area (Å²) in [6.45, 7) is 3.68. The van der Waals surface area contributed by atoms with E-state index in [0.717, 1.165) is 25.3 Å². The Morgan fingerprint density at radius 2 is 2.31 bits per heavy atom. The fraction of sp³-hybridized carbons (Fsp3) is 0.500. The number of halogens is 2. The molecule has 1 aliphatic rings. The summed E-state index contributed by atoms with van der Waals surface area (Å²) in [6, 6.07) is 4.76. The molecule has 0 aromatic heterocycles. The molecule has 0 spiro atoms. The summed E-state index contributed by atoms with van der Waals surface area (Å²) in [5.74, 6) is 0.173. The van der Waals surface area contributed by atoms with Crippen LogP contribution < -0.4 is 5.32 Å². The Kier molecular flexibility index (Phi) is 3.66. The zero-order valence-electron chi connectivity index (χ0n) is 9.17. The van der Waals surface area contributed by atoms with Crippen LogP contribution in [0.1, 0.15) is 13.3 Å². The number of hydrogen-bond acceptors (Lipinski definition) is 2. The molecule has 0 amide bonds. The molecule has 1 aromatic carbocycles. The third kappa shape index (κ3) is 2.86. The minimum absolute atomic E-state index is 0.264. The molecular weight excluding hydrogens is 229 g/mol. The second-order valence-corrected chi connectivity index (χ2v) is 4.65. The smallest absolute Gasteiger partial charge is 0.126 e. The largest absolute Gasteiger partial charge is 0.382 e. The van der Waals surface area contributed by atoms with Crippen molar-refractivity contribution in [2.45, 2.75) is 19.4 Å². The molecule has 0 bridgehead atoms. The van der Waals surface area contributed by atoms with Gasteiger partial charge in [-0.15, -0.1) is 0 Å². The van der Waals surface area contributed by atoms with Gasteiger partial charge in [-0.2, -0.15) is 0 Å². The third-order valence-corrected chi connectivity index (χ3v) is 3.15. The van der Waals surface area contributed by atoms with Gasteiger partial charge >= 0.3 is 0 Å². The summed E-state index contributed by atoms with van der Waals surface area (Å²) in [5.41, 5.74) is 0.726. The first kappa shape index (κ1) is 11.7. The Morgan fingerprint density at radius 3 is 2.94 bits per heavy atom. The Balaban J connectivity index is 2.02. The molecule has 0 radical (unpaired) electrons. The standard InChI is InChI=1S/C12H15ClFNO/c1-8(9-2-3-16-7-9)15-12-5-10(13)4-11(14)6-12/h4-6,8-9,15H,2-3,7H2,1H3. The van der Waals surface area contributed by atoms with E-state index < -0.39 is 0 Å². The lowest BCUT2D eigenvalue weighted by Crippen LogP contribution is -2.26. The maximum Gasteiger partial charge on any atom is 0.126 e. The van der Waals surface area contributed by atoms with Crippen LogP contribution in [0.3, 0.4) is 0 Å². The van der Waals surface area contributed by atoms with Crippen molar-refractivity contribution < 1.29 is 9.13 Å². The molecule has 2 rings (SSSR count). The molecule has 1 saturated heterocycles. The highest BCUT2D eigenvalue weighted by molar-refractivity contribution is 6.30. The second kappa shape index (κ2) is 5.02. The number of rotatable bonds is 3. The van der Waals surface area contributed by atoms with Crippen LogP contribution in [0.5, 0.6) is 0 Å². The van der Waals surface area contributed by atoms with Gasteiger partial charge in [0.15, 0.2) is 0 Å². The third-order valence-electron chi connectivity index (χ3n) is 2.93. The van der Waals surface area contributed by atoms with Crippen molar-refractivity contribution >= 4 is 17.3 Å². The van der Waals surface area contributed by atoms with E-state index in [0.29, 0.717) is 10.9 Å². The first-order valence-corrected chi connectivity index (χ1v) is 5.83. The van der Waals surface area contributed by atoms with Crippen molar-refractivity contribution in [2.75, 3.05) is 18.5 Å². The van der Waals surface area contributed by atoms with Crippen molar-refractivity contribution in [3.05, 3.63) is 29.0 Å². The van der Waals surface area contributed by atoms with Gasteiger partial charge in [-0.3, -0.25) is 0 Å². The SMILES string of the molecule is CC(Nc1cc(F)cc(Cl)c1)C1CCOC1. The van der Waals surface area contributed by atoms with Gasteiger partial charge in [-0.05, 0) is 31.5 Å². The van der Waals surface area contributed by atoms with E-state index in [9.17, 15) is 4.39 Å². The maximum absolute atomic E-state index is 13.1. The lowest BCUT2D eigenvalue weighted by atomic mass is 10.0. The van der Waals surface area contributed by atoms with Gasteiger partial charge in [0.25, 0.3) is 0 Å². The maximum atomic E-state index is 13.1. The van der Waals surface area contributed by atoms with Crippen molar-refractivity contribution in [3.8, 4) is 0 Å². The highest BCUT2D eigenvalue weighted by Gasteiger charge is 2.22. The van der Waals surface area contributed by atoms with Crippen LogP contribution in [-0.4, -0.2) is 19.3 Å². The van der Waals surface area contributed by atoms with Crippen molar-refractivity contribution in [2.24, 2.45) is 5.92 Å². The Bertz CT molecular complexity index is 346. The summed E-state index contributed by atoms with van der Waals surface area (Å²) in [6.07, 6.45) is 1.05. The minimum atomic E-state index is -0.315. The molecular formula is C12H15ClFNO. The van der Waals surface area contributed by atoms with Gasteiger partial charge in [0.2, 0.25) is 0 Å². The fourth-order valence-corrected chi connectivity index (χ4v) is 2.19. The summed E-state index contributed by atoms with van der Waals surface area (Å²) in [4.78, 5) is 0. The predicted octanol–water partition coefficient (Wildman–Crippen LogP) is 3.32. The van der Waals surface area contributed by atoms with E-state index in [1.54, 1.807) is 6.07 Å². The summed E-state index contributed by atoms with van der Waals surface area (Å²) >= 11 is 5.79. The van der Waals surface area contributed by atoms with E-state index in [4.69, 9.17) is 16.3 Å². The van der Waals surface area contributed by atoms with E-state index in [1.807, 2.05) is 0 Å². The Hall–Kier alpha value is -0.800. The highest BCUT2D eigenvalue weighted by Crippen LogP contribution is 2.23. The second-order valence-electron chi connectivity index (χ2n) is 4.21. The molecule has 2 unspecified atom stereocenters. The average Bonchev–Trinajstić information content (AvgIpc) is 2.68. The highest BCUT2D eigenvalue weighted by atomic mass is 35.5. The molecule has 0 aliphatic carbocycles. The number of benzene rings is 1. The molecule has 4 heteroatoms.